The van der Waals surface area contributed by atoms with E-state index < -0.39 is 8.32 Å². The zero-order chi connectivity index (χ0) is 14.7. The molecule has 0 fully saturated rings. The lowest BCUT2D eigenvalue weighted by molar-refractivity contribution is -0.160. The fourth-order valence-corrected chi connectivity index (χ4v) is 6.02. The molecule has 0 saturated carbocycles. The van der Waals surface area contributed by atoms with Gasteiger partial charge < -0.3 is 13.9 Å². The Labute approximate surface area is 132 Å². The minimum atomic E-state index is -1.65. The monoisotopic (exact) mass is 342 g/mol. The molecule has 0 spiro atoms. The summed E-state index contributed by atoms with van der Waals surface area (Å²) in [6.45, 7) is 4.54. The van der Waals surface area contributed by atoms with Gasteiger partial charge in [0.1, 0.15) is 0 Å². The highest BCUT2D eigenvalue weighted by molar-refractivity contribution is 8.19. The molecule has 19 heavy (non-hydrogen) atoms. The van der Waals surface area contributed by atoms with Crippen molar-refractivity contribution in [1.82, 2.24) is 0 Å². The van der Waals surface area contributed by atoms with E-state index in [1.54, 1.807) is 14.2 Å². The van der Waals surface area contributed by atoms with Gasteiger partial charge in [0.15, 0.2) is 14.6 Å². The van der Waals surface area contributed by atoms with Crippen LogP contribution < -0.4 is 0 Å². The number of hydrogen-bond donors (Lipinski definition) is 1. The van der Waals surface area contributed by atoms with Crippen molar-refractivity contribution >= 4 is 41.5 Å². The highest BCUT2D eigenvalue weighted by atomic mass is 32.4. The van der Waals surface area contributed by atoms with Crippen LogP contribution in [0.4, 0.5) is 0 Å². The second kappa shape index (κ2) is 11.6. The maximum Gasteiger partial charge on any atom is 0.187 e. The first kappa shape index (κ1) is 20.0. The quantitative estimate of drug-likeness (QED) is 0.255. The predicted octanol–water partition coefficient (Wildman–Crippen LogP) is 2.31. The zero-order valence-corrected chi connectivity index (χ0v) is 17.7. The smallest absolute Gasteiger partial charge is 0.187 e. The largest absolute Gasteiger partial charge is 0.409 e. The van der Waals surface area contributed by atoms with Crippen LogP contribution in [-0.2, 0) is 13.9 Å². The van der Waals surface area contributed by atoms with Crippen LogP contribution in [-0.4, -0.2) is 55.8 Å². The summed E-state index contributed by atoms with van der Waals surface area (Å²) < 4.78 is 17.2. The van der Waals surface area contributed by atoms with Gasteiger partial charge in [0, 0.05) is 14.2 Å². The topological polar surface area (TPSA) is 27.7 Å². The van der Waals surface area contributed by atoms with Crippen LogP contribution in [0.1, 0.15) is 19.3 Å². The summed E-state index contributed by atoms with van der Waals surface area (Å²) in [5.74, 6) is 2.14. The molecule has 0 aliphatic rings. The van der Waals surface area contributed by atoms with E-state index in [0.29, 0.717) is 0 Å². The SMILES string of the molecule is COC(OC)C(CCCS[SiH3])O[Si](C)(C)CCCS. The number of hydrogen-bond acceptors (Lipinski definition) is 5. The van der Waals surface area contributed by atoms with Crippen LogP contribution in [0, 0.1) is 0 Å². The van der Waals surface area contributed by atoms with Gasteiger partial charge in [-0.2, -0.15) is 23.8 Å². The summed E-state index contributed by atoms with van der Waals surface area (Å²) >= 11 is 6.29. The molecule has 0 saturated heterocycles. The van der Waals surface area contributed by atoms with E-state index in [9.17, 15) is 0 Å². The van der Waals surface area contributed by atoms with Crippen LogP contribution in [0.2, 0.25) is 19.1 Å². The Kier molecular flexibility index (Phi) is 12.3. The molecule has 0 aromatic rings. The van der Waals surface area contributed by atoms with Crippen LogP contribution in [0.3, 0.4) is 0 Å². The van der Waals surface area contributed by atoms with Crippen molar-refractivity contribution in [2.75, 3.05) is 25.7 Å². The van der Waals surface area contributed by atoms with E-state index in [0.717, 1.165) is 24.6 Å². The molecule has 0 aliphatic carbocycles. The van der Waals surface area contributed by atoms with Crippen molar-refractivity contribution in [1.29, 1.82) is 0 Å². The van der Waals surface area contributed by atoms with Crippen molar-refractivity contribution in [2.24, 2.45) is 0 Å². The first-order chi connectivity index (χ1) is 9.00. The molecule has 1 unspecified atom stereocenters. The average Bonchev–Trinajstić information content (AvgIpc) is 2.37. The van der Waals surface area contributed by atoms with E-state index >= 15 is 0 Å². The summed E-state index contributed by atoms with van der Waals surface area (Å²) in [5, 5.41) is 0. The third-order valence-electron chi connectivity index (χ3n) is 3.01. The van der Waals surface area contributed by atoms with E-state index in [1.165, 1.54) is 21.6 Å². The Morgan fingerprint density at radius 2 is 1.84 bits per heavy atom. The third kappa shape index (κ3) is 9.54. The highest BCUT2D eigenvalue weighted by Crippen LogP contribution is 2.22. The second-order valence-corrected chi connectivity index (χ2v) is 12.6. The van der Waals surface area contributed by atoms with Gasteiger partial charge in [0.25, 0.3) is 0 Å². The molecule has 3 nitrogen and oxygen atoms in total. The maximum absolute atomic E-state index is 6.39. The Bertz CT molecular complexity index is 217. The number of methoxy groups -OCH3 is 2. The fourth-order valence-electron chi connectivity index (χ4n) is 2.05. The third-order valence-corrected chi connectivity index (χ3v) is 7.75. The summed E-state index contributed by atoms with van der Waals surface area (Å²) in [5.41, 5.74) is 0. The molecule has 0 aromatic heterocycles. The molecule has 0 amide bonds. The molecule has 0 aromatic carbocycles. The lowest BCUT2D eigenvalue weighted by Gasteiger charge is -2.33. The molecule has 0 N–H and O–H groups in total. The van der Waals surface area contributed by atoms with Crippen LogP contribution in [0.5, 0.6) is 0 Å². The molecule has 0 rings (SSSR count). The standard InChI is InChI=1S/C12H30O3S2Si2/c1-13-12(14-2)11(7-5-9-17-18)15-19(3,4)10-6-8-16/h11-12,16H,5-10H2,1-4,18H3. The Morgan fingerprint density at radius 3 is 2.32 bits per heavy atom. The van der Waals surface area contributed by atoms with Crippen molar-refractivity contribution in [2.45, 2.75) is 50.8 Å². The van der Waals surface area contributed by atoms with Crippen molar-refractivity contribution in [3.8, 4) is 0 Å². The van der Waals surface area contributed by atoms with Gasteiger partial charge in [-0.05, 0) is 49.9 Å². The van der Waals surface area contributed by atoms with E-state index in [2.05, 4.69) is 25.7 Å². The van der Waals surface area contributed by atoms with E-state index in [4.69, 9.17) is 13.9 Å². The van der Waals surface area contributed by atoms with Crippen molar-refractivity contribution < 1.29 is 13.9 Å². The first-order valence-electron chi connectivity index (χ1n) is 6.84. The maximum atomic E-state index is 6.39. The average molecular weight is 343 g/mol. The molecule has 0 radical (unpaired) electrons. The van der Waals surface area contributed by atoms with E-state index in [-0.39, 0.29) is 12.4 Å². The van der Waals surface area contributed by atoms with Gasteiger partial charge in [-0.3, -0.25) is 0 Å². The lowest BCUT2D eigenvalue weighted by atomic mass is 10.2. The molecule has 0 heterocycles. The van der Waals surface area contributed by atoms with Gasteiger partial charge in [-0.1, -0.05) is 0 Å². The second-order valence-electron chi connectivity index (χ2n) is 5.22. The van der Waals surface area contributed by atoms with Crippen molar-refractivity contribution in [3.05, 3.63) is 0 Å². The molecular formula is C12H30O3S2Si2. The summed E-state index contributed by atoms with van der Waals surface area (Å²) in [6.07, 6.45) is 3.11. The van der Waals surface area contributed by atoms with Gasteiger partial charge in [-0.15, -0.1) is 0 Å². The fraction of sp³-hybridized carbons (Fsp3) is 1.00. The molecule has 0 bridgehead atoms. The normalized spacial score (nSPS) is 14.2. The highest BCUT2D eigenvalue weighted by Gasteiger charge is 2.30. The number of thiol groups is 1. The van der Waals surface area contributed by atoms with Gasteiger partial charge in [-0.25, -0.2) is 0 Å². The Morgan fingerprint density at radius 1 is 1.21 bits per heavy atom. The molecule has 7 heteroatoms. The summed E-state index contributed by atoms with van der Waals surface area (Å²) in [4.78, 5) is 0. The molecular weight excluding hydrogens is 312 g/mol. The van der Waals surface area contributed by atoms with Gasteiger partial charge >= 0.3 is 0 Å². The van der Waals surface area contributed by atoms with Crippen LogP contribution in [0.15, 0.2) is 0 Å². The molecule has 1 atom stereocenters. The molecule has 0 aliphatic heterocycles. The molecule has 116 valence electrons. The lowest BCUT2D eigenvalue weighted by Crippen LogP contribution is -2.42. The number of ether oxygens (including phenoxy) is 2. The van der Waals surface area contributed by atoms with Crippen LogP contribution in [0.25, 0.3) is 0 Å². The predicted molar refractivity (Wildman–Crippen MR) is 95.1 cm³/mol. The van der Waals surface area contributed by atoms with Gasteiger partial charge in [0.2, 0.25) is 0 Å². The first-order valence-corrected chi connectivity index (χ1v) is 14.4. The Balaban J connectivity index is 4.45. The summed E-state index contributed by atoms with van der Waals surface area (Å²) in [7, 11) is 2.93. The Hall–Kier alpha value is 1.01. The number of rotatable bonds is 12. The van der Waals surface area contributed by atoms with Crippen LogP contribution >= 0.6 is 23.8 Å². The minimum absolute atomic E-state index is 0.0606. The minimum Gasteiger partial charge on any atom is -0.409 e. The van der Waals surface area contributed by atoms with Gasteiger partial charge in [0.05, 0.1) is 15.5 Å². The zero-order valence-electron chi connectivity index (χ0n) is 13.0. The summed E-state index contributed by atoms with van der Waals surface area (Å²) in [6, 6.07) is 1.14. The van der Waals surface area contributed by atoms with E-state index in [1.807, 2.05) is 11.2 Å². The van der Waals surface area contributed by atoms with Crippen molar-refractivity contribution in [3.63, 3.8) is 0 Å².